The van der Waals surface area contributed by atoms with E-state index in [0.29, 0.717) is 0 Å². The van der Waals surface area contributed by atoms with Crippen LogP contribution in [0, 0.1) is 0 Å². The highest BCUT2D eigenvalue weighted by Gasteiger charge is 2.36. The summed E-state index contributed by atoms with van der Waals surface area (Å²) in [7, 11) is 0. The fourth-order valence-electron chi connectivity index (χ4n) is 4.03. The lowest BCUT2D eigenvalue weighted by atomic mass is 9.82. The highest BCUT2D eigenvalue weighted by Crippen LogP contribution is 2.50. The summed E-state index contributed by atoms with van der Waals surface area (Å²) in [5.74, 6) is -7.24. The summed E-state index contributed by atoms with van der Waals surface area (Å²) in [5, 5.41) is 50.1. The highest BCUT2D eigenvalue weighted by atomic mass is 16.5. The lowest BCUT2D eigenvalue weighted by Gasteiger charge is -2.19. The van der Waals surface area contributed by atoms with E-state index in [1.165, 1.54) is 6.07 Å². The Morgan fingerprint density at radius 2 is 1.42 bits per heavy atom. The normalized spacial score (nSPS) is 12.6. The molecular weight excluding hydrogens is 440 g/mol. The Morgan fingerprint density at radius 1 is 0.818 bits per heavy atom. The van der Waals surface area contributed by atoms with E-state index in [-0.39, 0.29) is 45.1 Å². The predicted molar refractivity (Wildman–Crippen MR) is 108 cm³/mol. The smallest absolute Gasteiger partial charge is 0.339 e. The predicted octanol–water partition coefficient (Wildman–Crippen LogP) is 2.69. The first-order chi connectivity index (χ1) is 15.6. The summed E-state index contributed by atoms with van der Waals surface area (Å²) >= 11 is 0. The average molecular weight is 450 g/mol. The Kier molecular flexibility index (Phi) is 3.90. The van der Waals surface area contributed by atoms with Crippen LogP contribution in [0.2, 0.25) is 0 Å². The molecule has 0 aliphatic heterocycles. The van der Waals surface area contributed by atoms with E-state index in [1.54, 1.807) is 0 Å². The number of carboxylic acid groups (broad SMARTS) is 1. The molecular formula is C22H10O11. The minimum absolute atomic E-state index is 0.00345. The molecule has 5 rings (SSSR count). The van der Waals surface area contributed by atoms with Gasteiger partial charge in [0.1, 0.15) is 22.5 Å². The zero-order valence-corrected chi connectivity index (χ0v) is 16.1. The number of phenols is 4. The van der Waals surface area contributed by atoms with Gasteiger partial charge in [-0.2, -0.15) is 0 Å². The molecule has 33 heavy (non-hydrogen) atoms. The first-order valence-electron chi connectivity index (χ1n) is 9.12. The number of benzene rings is 3. The molecule has 164 valence electrons. The second-order valence-corrected chi connectivity index (χ2v) is 7.16. The topological polar surface area (TPSA) is 192 Å². The first-order valence-corrected chi connectivity index (χ1v) is 9.12. The van der Waals surface area contributed by atoms with Crippen LogP contribution in [0.5, 0.6) is 28.7 Å². The van der Waals surface area contributed by atoms with Crippen LogP contribution in [0.15, 0.2) is 28.7 Å². The van der Waals surface area contributed by atoms with Gasteiger partial charge in [0, 0.05) is 17.2 Å². The van der Waals surface area contributed by atoms with E-state index in [9.17, 15) is 44.7 Å². The second-order valence-electron chi connectivity index (χ2n) is 7.16. The lowest BCUT2D eigenvalue weighted by Crippen LogP contribution is -2.21. The van der Waals surface area contributed by atoms with Gasteiger partial charge in [0.25, 0.3) is 6.47 Å². The Morgan fingerprint density at radius 3 is 2.06 bits per heavy atom. The molecule has 0 amide bonds. The van der Waals surface area contributed by atoms with Gasteiger partial charge in [-0.15, -0.1) is 0 Å². The number of hydrogen-bond donors (Lipinski definition) is 5. The van der Waals surface area contributed by atoms with Crippen LogP contribution in [0.3, 0.4) is 0 Å². The number of phenolic OH excluding ortho intramolecular Hbond substituents is 4. The largest absolute Gasteiger partial charge is 0.506 e. The van der Waals surface area contributed by atoms with Gasteiger partial charge in [0.2, 0.25) is 11.6 Å². The van der Waals surface area contributed by atoms with E-state index < -0.39 is 57.4 Å². The molecule has 3 aromatic carbocycles. The number of ether oxygens (including phenoxy) is 1. The van der Waals surface area contributed by atoms with Gasteiger partial charge in [0.15, 0.2) is 23.0 Å². The van der Waals surface area contributed by atoms with Gasteiger partial charge in [-0.1, -0.05) is 0 Å². The van der Waals surface area contributed by atoms with Crippen molar-refractivity contribution in [3.63, 3.8) is 0 Å². The van der Waals surface area contributed by atoms with Crippen molar-refractivity contribution < 1.29 is 53.9 Å². The molecule has 1 heterocycles. The van der Waals surface area contributed by atoms with Crippen molar-refractivity contribution in [3.05, 3.63) is 41.0 Å². The molecule has 0 saturated carbocycles. The zero-order chi connectivity index (χ0) is 23.8. The molecule has 0 spiro atoms. The van der Waals surface area contributed by atoms with Crippen molar-refractivity contribution >= 4 is 45.9 Å². The molecule has 1 aromatic heterocycles. The molecule has 4 aromatic rings. The molecule has 0 fully saturated rings. The summed E-state index contributed by atoms with van der Waals surface area (Å²) in [4.78, 5) is 47.8. The Bertz CT molecular complexity index is 1610. The molecule has 5 N–H and O–H groups in total. The molecule has 0 saturated heterocycles. The molecule has 11 heteroatoms. The summed E-state index contributed by atoms with van der Waals surface area (Å²) in [5.41, 5.74) is -1.57. The Hall–Kier alpha value is -5.06. The number of ketones is 2. The van der Waals surface area contributed by atoms with Crippen molar-refractivity contribution in [1.82, 2.24) is 0 Å². The van der Waals surface area contributed by atoms with E-state index in [2.05, 4.69) is 4.74 Å². The number of carboxylic acids is 1. The minimum Gasteiger partial charge on any atom is -0.506 e. The number of rotatable bonds is 3. The first kappa shape index (κ1) is 19.9. The maximum atomic E-state index is 12.8. The number of Topliss-reactive ketones (excluding diaryl/α,β-unsaturated/α-hetero) is 2. The van der Waals surface area contributed by atoms with Crippen LogP contribution >= 0.6 is 0 Å². The molecule has 0 unspecified atom stereocenters. The summed E-state index contributed by atoms with van der Waals surface area (Å²) < 4.78 is 10.2. The molecule has 0 bridgehead atoms. The van der Waals surface area contributed by atoms with E-state index in [4.69, 9.17) is 4.42 Å². The number of carbonyl (C=O) groups is 4. The number of aromatic hydroxyl groups is 4. The number of carbonyl (C=O) groups excluding carboxylic acids is 3. The third-order valence-electron chi connectivity index (χ3n) is 5.43. The molecule has 1 aliphatic rings. The third kappa shape index (κ3) is 2.50. The molecule has 0 radical (unpaired) electrons. The van der Waals surface area contributed by atoms with Crippen LogP contribution in [-0.4, -0.2) is 49.5 Å². The second kappa shape index (κ2) is 6.47. The van der Waals surface area contributed by atoms with Crippen LogP contribution in [-0.2, 0) is 4.79 Å². The maximum Gasteiger partial charge on any atom is 0.339 e. The highest BCUT2D eigenvalue weighted by molar-refractivity contribution is 6.54. The maximum absolute atomic E-state index is 12.8. The Labute approximate surface area is 181 Å². The van der Waals surface area contributed by atoms with Gasteiger partial charge in [-0.25, -0.2) is 4.79 Å². The van der Waals surface area contributed by atoms with Gasteiger partial charge in [0.05, 0.1) is 16.3 Å². The molecule has 1 aliphatic carbocycles. The fraction of sp³-hybridized carbons (Fsp3) is 0. The van der Waals surface area contributed by atoms with Gasteiger partial charge >= 0.3 is 5.97 Å². The zero-order valence-electron chi connectivity index (χ0n) is 16.1. The molecule has 0 atom stereocenters. The van der Waals surface area contributed by atoms with Crippen LogP contribution < -0.4 is 4.74 Å². The van der Waals surface area contributed by atoms with Gasteiger partial charge in [-0.05, 0) is 23.8 Å². The number of fused-ring (bicyclic) bond motifs is 6. The van der Waals surface area contributed by atoms with Crippen molar-refractivity contribution in [2.75, 3.05) is 0 Å². The van der Waals surface area contributed by atoms with Crippen molar-refractivity contribution in [1.29, 1.82) is 0 Å². The SMILES string of the molecule is O=COc1c(C(=O)O)cc2oc3cc4c(c(O)c3c2c1O)C(=O)C(=O)c1cc(O)c(O)cc1-4. The van der Waals surface area contributed by atoms with Crippen LogP contribution in [0.1, 0.15) is 31.1 Å². The summed E-state index contributed by atoms with van der Waals surface area (Å²) in [6.45, 7) is -0.0989. The third-order valence-corrected chi connectivity index (χ3v) is 5.43. The quantitative estimate of drug-likeness (QED) is 0.175. The van der Waals surface area contributed by atoms with Crippen LogP contribution in [0.4, 0.5) is 0 Å². The van der Waals surface area contributed by atoms with E-state index in [0.717, 1.165) is 18.2 Å². The lowest BCUT2D eigenvalue weighted by molar-refractivity contribution is -0.120. The van der Waals surface area contributed by atoms with Crippen LogP contribution in [0.25, 0.3) is 33.1 Å². The average Bonchev–Trinajstić information content (AvgIpc) is 3.14. The Balaban J connectivity index is 1.94. The van der Waals surface area contributed by atoms with Gasteiger partial charge in [-0.3, -0.25) is 14.4 Å². The fourth-order valence-corrected chi connectivity index (χ4v) is 4.03. The summed E-state index contributed by atoms with van der Waals surface area (Å²) in [6.07, 6.45) is 0. The van der Waals surface area contributed by atoms with Crippen molar-refractivity contribution in [3.8, 4) is 39.9 Å². The van der Waals surface area contributed by atoms with E-state index >= 15 is 0 Å². The summed E-state index contributed by atoms with van der Waals surface area (Å²) in [6, 6.07) is 4.17. The van der Waals surface area contributed by atoms with E-state index in [1.807, 2.05) is 0 Å². The number of hydrogen-bond acceptors (Lipinski definition) is 10. The minimum atomic E-state index is -1.54. The standard InChI is InChI=1S/C22H10O11/c23-5-32-21-9(22(30)31)4-13-16(20(21)29)15-12(33-13)3-7-6-1-10(24)11(25)2-8(6)17(26)19(28)14(7)18(15)27/h1-5,24-25,27,29H,(H,30,31). The molecule has 11 nitrogen and oxygen atoms in total. The number of aromatic carboxylic acids is 1. The van der Waals surface area contributed by atoms with Crippen molar-refractivity contribution in [2.45, 2.75) is 0 Å². The monoisotopic (exact) mass is 450 g/mol. The van der Waals surface area contributed by atoms with Gasteiger partial charge < -0.3 is 34.7 Å². The van der Waals surface area contributed by atoms with Crippen molar-refractivity contribution in [2.24, 2.45) is 0 Å². The number of furan rings is 1.